The van der Waals surface area contributed by atoms with E-state index in [1.54, 1.807) is 11.8 Å². The molecule has 5 atom stereocenters. The maximum Gasteiger partial charge on any atom is 0.319 e. The molecule has 5 nitrogen and oxygen atoms in total. The number of anilines is 1. The van der Waals surface area contributed by atoms with Gasteiger partial charge >= 0.3 is 6.03 Å². The van der Waals surface area contributed by atoms with Crippen LogP contribution in [0.5, 0.6) is 0 Å². The summed E-state index contributed by atoms with van der Waals surface area (Å²) in [6.45, 7) is 6.64. The van der Waals surface area contributed by atoms with Crippen LogP contribution in [-0.2, 0) is 4.79 Å². The molecule has 0 spiro atoms. The van der Waals surface area contributed by atoms with Crippen LogP contribution in [0.1, 0.15) is 81.4 Å². The highest BCUT2D eigenvalue weighted by molar-refractivity contribution is 8.02. The zero-order valence-corrected chi connectivity index (χ0v) is 27.4. The Balaban J connectivity index is 1.23. The minimum atomic E-state index is -0.709. The van der Waals surface area contributed by atoms with E-state index in [0.29, 0.717) is 18.3 Å². The van der Waals surface area contributed by atoms with Gasteiger partial charge in [0.1, 0.15) is 0 Å². The first-order valence-corrected chi connectivity index (χ1v) is 17.4. The first-order valence-electron chi connectivity index (χ1n) is 16.3. The van der Waals surface area contributed by atoms with Crippen LogP contribution >= 0.6 is 11.8 Å². The molecule has 45 heavy (non-hydrogen) atoms. The number of thioether (sulfide) groups is 1. The fraction of sp³-hybridized carbons (Fsp3) is 0.436. The van der Waals surface area contributed by atoms with Gasteiger partial charge in [0.25, 0.3) is 0 Å². The Morgan fingerprint density at radius 2 is 1.87 bits per heavy atom. The fourth-order valence-electron chi connectivity index (χ4n) is 8.45. The first-order chi connectivity index (χ1) is 21.7. The smallest absolute Gasteiger partial charge is 0.319 e. The van der Waals surface area contributed by atoms with Gasteiger partial charge in [0, 0.05) is 34.8 Å². The summed E-state index contributed by atoms with van der Waals surface area (Å²) in [6, 6.07) is 16.0. The third kappa shape index (κ3) is 6.30. The number of rotatable bonds is 6. The van der Waals surface area contributed by atoms with E-state index in [1.807, 2.05) is 44.2 Å². The molecule has 3 N–H and O–H groups in total. The van der Waals surface area contributed by atoms with Crippen LogP contribution in [0.15, 0.2) is 82.8 Å². The number of ketones is 1. The summed E-state index contributed by atoms with van der Waals surface area (Å²) in [5.74, 6) is 8.34. The number of amides is 2. The number of aryl methyl sites for hydroxylation is 1. The molecule has 5 unspecified atom stereocenters. The zero-order valence-electron chi connectivity index (χ0n) is 26.6. The lowest BCUT2D eigenvalue weighted by molar-refractivity contribution is -0.114. The number of carbonyl (C=O) groups is 2. The van der Waals surface area contributed by atoms with Crippen molar-refractivity contribution in [3.63, 3.8) is 0 Å². The minimum absolute atomic E-state index is 0.185. The molecule has 0 bridgehead atoms. The van der Waals surface area contributed by atoms with Crippen LogP contribution in [0, 0.1) is 36.0 Å². The highest BCUT2D eigenvalue weighted by Gasteiger charge is 2.62. The van der Waals surface area contributed by atoms with Crippen LogP contribution < -0.4 is 10.6 Å². The van der Waals surface area contributed by atoms with Crippen LogP contribution in [0.25, 0.3) is 0 Å². The van der Waals surface area contributed by atoms with E-state index in [4.69, 9.17) is 0 Å². The number of hydrogen-bond acceptors (Lipinski definition) is 4. The van der Waals surface area contributed by atoms with E-state index in [9.17, 15) is 14.7 Å². The number of hydrogen-bond donors (Lipinski definition) is 3. The van der Waals surface area contributed by atoms with Crippen LogP contribution in [0.4, 0.5) is 10.5 Å². The van der Waals surface area contributed by atoms with Gasteiger partial charge in [0.15, 0.2) is 5.78 Å². The lowest BCUT2D eigenvalue weighted by Gasteiger charge is -2.55. The molecule has 4 aliphatic carbocycles. The third-order valence-corrected chi connectivity index (χ3v) is 11.9. The highest BCUT2D eigenvalue weighted by Crippen LogP contribution is 2.67. The Hall–Kier alpha value is -3.53. The van der Waals surface area contributed by atoms with Crippen LogP contribution in [0.3, 0.4) is 0 Å². The summed E-state index contributed by atoms with van der Waals surface area (Å²) < 4.78 is 0. The summed E-state index contributed by atoms with van der Waals surface area (Å²) >= 11 is 1.73. The topological polar surface area (TPSA) is 78.4 Å². The fourth-order valence-corrected chi connectivity index (χ4v) is 9.49. The van der Waals surface area contributed by atoms with Crippen molar-refractivity contribution in [2.24, 2.45) is 17.3 Å². The largest absolute Gasteiger partial charge is 0.388 e. The molecule has 4 aliphatic rings. The van der Waals surface area contributed by atoms with E-state index < -0.39 is 5.60 Å². The second kappa shape index (κ2) is 13.1. The molecule has 2 saturated carbocycles. The minimum Gasteiger partial charge on any atom is -0.388 e. The van der Waals surface area contributed by atoms with Gasteiger partial charge in [-0.05, 0) is 117 Å². The summed E-state index contributed by atoms with van der Waals surface area (Å²) in [7, 11) is 0. The highest BCUT2D eigenvalue weighted by atomic mass is 32.2. The molecule has 234 valence electrons. The average Bonchev–Trinajstić information content (AvgIpc) is 3.30. The predicted molar refractivity (Wildman–Crippen MR) is 184 cm³/mol. The zero-order chi connectivity index (χ0) is 31.6. The van der Waals surface area contributed by atoms with Gasteiger partial charge < -0.3 is 15.7 Å². The molecule has 2 amide bonds. The molecule has 2 fully saturated rings. The Morgan fingerprint density at radius 3 is 2.62 bits per heavy atom. The van der Waals surface area contributed by atoms with Gasteiger partial charge in [-0.15, -0.1) is 11.8 Å². The Morgan fingerprint density at radius 1 is 1.09 bits per heavy atom. The van der Waals surface area contributed by atoms with Crippen LogP contribution in [0.2, 0.25) is 0 Å². The molecule has 0 saturated heterocycles. The molecule has 6 rings (SSSR count). The van der Waals surface area contributed by atoms with Gasteiger partial charge in [-0.25, -0.2) is 4.79 Å². The van der Waals surface area contributed by atoms with Crippen molar-refractivity contribution in [3.8, 4) is 11.8 Å². The van der Waals surface area contributed by atoms with E-state index in [1.165, 1.54) is 22.3 Å². The lowest BCUT2D eigenvalue weighted by Crippen LogP contribution is -2.52. The number of urea groups is 1. The van der Waals surface area contributed by atoms with Crippen molar-refractivity contribution in [2.75, 3.05) is 17.6 Å². The maximum atomic E-state index is 12.4. The molecule has 0 heterocycles. The average molecular weight is 621 g/mol. The molecular formula is C39H44N2O3S. The summed E-state index contributed by atoms with van der Waals surface area (Å²) in [4.78, 5) is 24.6. The van der Waals surface area contributed by atoms with Gasteiger partial charge in [0.2, 0.25) is 0 Å². The monoisotopic (exact) mass is 620 g/mol. The van der Waals surface area contributed by atoms with Crippen molar-refractivity contribution >= 4 is 29.3 Å². The Bertz CT molecular complexity index is 1610. The van der Waals surface area contributed by atoms with Crippen molar-refractivity contribution < 1.29 is 14.7 Å². The molecule has 0 aromatic heterocycles. The quantitative estimate of drug-likeness (QED) is 0.286. The number of aliphatic hydroxyl groups is 1. The number of allylic oxidation sites excluding steroid dienone is 5. The normalized spacial score (nSPS) is 28.8. The van der Waals surface area contributed by atoms with E-state index >= 15 is 0 Å². The van der Waals surface area contributed by atoms with E-state index in [2.05, 4.69) is 65.1 Å². The second-order valence-corrected chi connectivity index (χ2v) is 14.3. The molecule has 2 aromatic rings. The number of benzene rings is 2. The maximum absolute atomic E-state index is 12.4. The van der Waals surface area contributed by atoms with Crippen molar-refractivity contribution in [1.29, 1.82) is 0 Å². The third-order valence-electron chi connectivity index (χ3n) is 10.8. The molecular weight excluding hydrogens is 577 g/mol. The van der Waals surface area contributed by atoms with Gasteiger partial charge in [0.05, 0.1) is 12.1 Å². The van der Waals surface area contributed by atoms with E-state index in [0.717, 1.165) is 61.1 Å². The second-order valence-electron chi connectivity index (χ2n) is 13.4. The number of nitrogens with one attached hydrogen (secondary N) is 2. The van der Waals surface area contributed by atoms with Crippen molar-refractivity contribution in [3.05, 3.63) is 99.5 Å². The molecule has 2 aromatic carbocycles. The summed E-state index contributed by atoms with van der Waals surface area (Å²) in [5.41, 5.74) is 7.38. The summed E-state index contributed by atoms with van der Waals surface area (Å²) in [6.07, 6.45) is 10.2. The van der Waals surface area contributed by atoms with Gasteiger partial charge in [-0.2, -0.15) is 0 Å². The van der Waals surface area contributed by atoms with Gasteiger partial charge in [-0.3, -0.25) is 4.79 Å². The Kier molecular flexibility index (Phi) is 9.13. The standard InChI is InChI=1S/C39H44N2O3S/c1-4-22-45-25-39(44)20-19-35-33-17-13-29-23-31(42)16-18-32(29)36(33)34(24-38(35,39)3)28-11-9-27(10-12-28)6-5-21-40-37(43)41-30-14-7-26(2)8-15-30/h4,7-12,14-15,22-23,33-35,44H,13,16-21,24-25H2,1-3H3,(H2,40,41,43). The number of fused-ring (bicyclic) bond motifs is 4. The van der Waals surface area contributed by atoms with Gasteiger partial charge in [-0.1, -0.05) is 60.2 Å². The predicted octanol–water partition coefficient (Wildman–Crippen LogP) is 8.07. The molecule has 6 heteroatoms. The van der Waals surface area contributed by atoms with E-state index in [-0.39, 0.29) is 29.7 Å². The van der Waals surface area contributed by atoms with Crippen molar-refractivity contribution in [2.45, 2.75) is 77.2 Å². The van der Waals surface area contributed by atoms with Crippen LogP contribution in [-0.4, -0.2) is 34.8 Å². The first kappa shape index (κ1) is 31.5. The molecule has 0 radical (unpaired) electrons. The SMILES string of the molecule is CC=CSCC1(O)CCC2C3CCC4=CC(=O)CCC4=C3C(c3ccc(C#CCNC(=O)Nc4ccc(C)cc4)cc3)CC21C. The Labute approximate surface area is 272 Å². The lowest BCUT2D eigenvalue weighted by atomic mass is 9.51. The molecule has 0 aliphatic heterocycles. The number of carbonyl (C=O) groups excluding carboxylic acids is 2. The van der Waals surface area contributed by atoms with Crippen molar-refractivity contribution in [1.82, 2.24) is 5.32 Å². The summed E-state index contributed by atoms with van der Waals surface area (Å²) in [5, 5.41) is 19.9.